The van der Waals surface area contributed by atoms with Crippen LogP contribution in [0.1, 0.15) is 108 Å². The van der Waals surface area contributed by atoms with Crippen LogP contribution in [0, 0.1) is 26.3 Å². The number of carbonyl (C=O) groups is 1. The van der Waals surface area contributed by atoms with Crippen LogP contribution in [0.15, 0.2) is 175 Å². The fraction of sp³-hybridized carbons (Fsp3) is 0.510. The molecule has 5 saturated heterocycles. The Kier molecular flexibility index (Phi) is 39.3. The highest BCUT2D eigenvalue weighted by atomic mass is 79.9. The lowest BCUT2D eigenvalue weighted by molar-refractivity contribution is 0.00578. The summed E-state index contributed by atoms with van der Waals surface area (Å²) in [5, 5.41) is 26.1. The number of halogens is 4. The number of hydrogen-bond donors (Lipinski definition) is 4. The van der Waals surface area contributed by atoms with Crippen LogP contribution in [0.25, 0.3) is 85.8 Å². The van der Waals surface area contributed by atoms with Crippen molar-refractivity contribution in [3.8, 4) is 22.3 Å². The van der Waals surface area contributed by atoms with Crippen molar-refractivity contribution in [3.63, 3.8) is 0 Å². The number of amides is 1. The summed E-state index contributed by atoms with van der Waals surface area (Å²) >= 11 is 9.52. The molecule has 0 radical (unpaired) electrons. The number of nitrogens with one attached hydrogen (secondary N) is 4. The number of ether oxygens (including phenoxy) is 4. The summed E-state index contributed by atoms with van der Waals surface area (Å²) in [5.41, 5.74) is 10.1. The number of fused-ring (bicyclic) bond motifs is 4. The monoisotopic (exact) mass is 2200 g/mol. The lowest BCUT2D eigenvalue weighted by Gasteiger charge is -2.46. The Bertz CT molecular complexity index is 6830. The normalized spacial score (nSPS) is 17.4. The molecule has 0 bridgehead atoms. The van der Waals surface area contributed by atoms with Crippen LogP contribution in [-0.4, -0.2) is 255 Å². The maximum Gasteiger partial charge on any atom is 0.498 e. The third-order valence-corrected chi connectivity index (χ3v) is 39.6. The Morgan fingerprint density at radius 3 is 1.42 bits per heavy atom. The molecule has 4 N–H and O–H groups in total. The number of rotatable bonds is 25. The molecular weight excluding hydrogens is 2070 g/mol. The van der Waals surface area contributed by atoms with Gasteiger partial charge in [-0.1, -0.05) is 70.5 Å². The summed E-state index contributed by atoms with van der Waals surface area (Å²) in [6.07, 6.45) is 34.5. The van der Waals surface area contributed by atoms with E-state index in [0.29, 0.717) is 59.2 Å². The first kappa shape index (κ1) is 116. The first-order valence-corrected chi connectivity index (χ1v) is 64.8. The van der Waals surface area contributed by atoms with Crippen molar-refractivity contribution in [2.75, 3.05) is 78.7 Å². The summed E-state index contributed by atoms with van der Waals surface area (Å²) in [4.78, 5) is 46.5. The number of pyridine rings is 4. The third kappa shape index (κ3) is 31.1. The van der Waals surface area contributed by atoms with E-state index in [-0.39, 0.29) is 56.5 Å². The van der Waals surface area contributed by atoms with E-state index in [1.165, 1.54) is 38.7 Å². The number of hydrogen-bond acceptors (Lipinski definition) is 21. The van der Waals surface area contributed by atoms with Gasteiger partial charge < -0.3 is 62.0 Å². The van der Waals surface area contributed by atoms with Gasteiger partial charge in [0.05, 0.1) is 62.6 Å². The number of aromatic nitrogens is 14. The van der Waals surface area contributed by atoms with Crippen molar-refractivity contribution in [2.45, 2.75) is 242 Å². The zero-order chi connectivity index (χ0) is 105. The molecule has 16 heterocycles. The maximum absolute atomic E-state index is 12.9. The predicted octanol–water partition coefficient (Wildman–Crippen LogP) is 19.7. The van der Waals surface area contributed by atoms with E-state index < -0.39 is 78.7 Å². The van der Waals surface area contributed by atoms with E-state index in [4.69, 9.17) is 76.8 Å². The minimum atomic E-state index is -3.35. The van der Waals surface area contributed by atoms with E-state index in [1.54, 1.807) is 79.8 Å². The molecule has 8 fully saturated rings. The molecule has 3 saturated carbocycles. The highest BCUT2D eigenvalue weighted by molar-refractivity contribution is 9.10. The molecule has 0 spiro atoms. The van der Waals surface area contributed by atoms with Gasteiger partial charge in [0.1, 0.15) is 48.4 Å². The molecule has 0 atom stereocenters. The zero-order valence-electron chi connectivity index (χ0n) is 85.6. The number of nitrogens with zero attached hydrogens (tertiary/aromatic N) is 18. The van der Waals surface area contributed by atoms with Crippen LogP contribution in [0.2, 0.25) is 82.1 Å². The first-order valence-electron chi connectivity index (χ1n) is 47.4. The molecule has 144 heavy (non-hydrogen) atoms. The molecule has 11 aromatic rings. The van der Waals surface area contributed by atoms with E-state index in [0.717, 1.165) is 157 Å². The molecule has 0 unspecified atom stereocenters. The van der Waals surface area contributed by atoms with Crippen molar-refractivity contribution in [2.24, 2.45) is 0 Å². The molecule has 3 aliphatic carbocycles. The third-order valence-electron chi connectivity index (χ3n) is 25.6. The fourth-order valence-corrected chi connectivity index (χ4v) is 22.5. The molecular formula is C98H135BBrCl3N22O13S3Si3. The predicted molar refractivity (Wildman–Crippen MR) is 584 cm³/mol. The van der Waals surface area contributed by atoms with E-state index in [1.807, 2.05) is 144 Å². The van der Waals surface area contributed by atoms with Gasteiger partial charge in [-0.3, -0.25) is 14.9 Å². The topological polar surface area (TPSA) is 371 Å². The van der Waals surface area contributed by atoms with Gasteiger partial charge in [0.25, 0.3) is 0 Å². The summed E-state index contributed by atoms with van der Waals surface area (Å²) < 4.78 is 115. The minimum absolute atomic E-state index is 0. The molecule has 11 aromatic heterocycles. The summed E-state index contributed by atoms with van der Waals surface area (Å²) in [6, 6.07) is 19.3. The van der Waals surface area contributed by atoms with Crippen LogP contribution in [0.4, 0.5) is 4.79 Å². The van der Waals surface area contributed by atoms with Gasteiger partial charge in [-0.25, -0.2) is 71.1 Å². The van der Waals surface area contributed by atoms with Crippen LogP contribution >= 0.6 is 50.6 Å². The highest BCUT2D eigenvalue weighted by Gasteiger charge is 2.61. The van der Waals surface area contributed by atoms with E-state index >= 15 is 0 Å². The smallest absolute Gasteiger partial charge is 0.444 e. The molecule has 776 valence electrons. The average Bonchev–Trinajstić information content (AvgIpc) is 1.48. The van der Waals surface area contributed by atoms with Gasteiger partial charge in [0.15, 0.2) is 24.1 Å². The van der Waals surface area contributed by atoms with E-state index in [2.05, 4.69) is 161 Å². The molecule has 1 amide bonds. The zero-order valence-corrected chi connectivity index (χ0v) is 95.0. The van der Waals surface area contributed by atoms with Gasteiger partial charge in [0, 0.05) is 224 Å². The Labute approximate surface area is 874 Å². The molecule has 5 aliphatic heterocycles. The van der Waals surface area contributed by atoms with Crippen molar-refractivity contribution < 1.29 is 58.3 Å². The fourth-order valence-electron chi connectivity index (χ4n) is 14.5. The summed E-state index contributed by atoms with van der Waals surface area (Å²) in [6.45, 7) is 75.5. The number of carbonyl (C=O) groups excluding carboxylic acids is 1. The number of H-pyrrole nitrogens is 3. The van der Waals surface area contributed by atoms with Crippen LogP contribution in [-0.2, 0) is 83.1 Å². The quantitative estimate of drug-likeness (QED) is 0.0179. The van der Waals surface area contributed by atoms with Gasteiger partial charge >= 0.3 is 13.2 Å². The second-order valence-corrected chi connectivity index (χ2v) is 69.1. The lowest BCUT2D eigenvalue weighted by Crippen LogP contribution is -2.67. The first-order chi connectivity index (χ1) is 67.1. The van der Waals surface area contributed by atoms with Crippen LogP contribution in [0.3, 0.4) is 0 Å². The second kappa shape index (κ2) is 48.6. The molecule has 8 aliphatic rings. The van der Waals surface area contributed by atoms with Gasteiger partial charge in [-0.05, 0) is 218 Å². The lowest BCUT2D eigenvalue weighted by atomic mass is 9.82. The standard InChI is InChI=1S/C25H34N6O3SSi.C16H22N4OSi.C13H19ClN2OSi.C10H14N2O2.C9H15BN2O2.C9H12N2O2S.C7H5BrN2.C5H6N2.C4H7ClO2S.ClH/c1-24(8-9-24)35(32,33)30-17-25(18-30,16-26-2)31-15-20(14-28-31)21-6-10-27-23-22(21)7-11-29(23)19-34-12-13-36(3,4)5;1-22(2,3)9-8-21-12-20-7-5-15-14(4-6-17-16(15)20)13-10-18-19-11-13;1-18(2,3)9-8-17-10-16-7-5-11-12(14)4-6-15-13(11)16;1-10(2,3)14-9(13)12-6-8(7-12)5-11-4;1-8(2)9(3,4)14-10(13-8)7-5-11-12-6-7;1-9(3-4-9)14(12,13)11-6-8(7-11)5-10-2;8-6-2-4-10-7-5(6)1-3-9-7;1-6-2-5-3-7-4-5;1-4(2-3-4)8(5,6)7;/h6-7,10-11,14-15H,8-9,12-13,16-19H2,1,3-5H3;4-7,10-11H,8-9,12H2,1-3H3,(H,18,19);4-7H,8-10H2,1-3H3;5H,6-7H2,1-3H3;5-6H,1-4H3,(H,11,12);5H,3-4,6-7H2,1H3;1-4H,(H,9,10);2,7H,3-4H2;2-3H2,1H3;1H. The summed E-state index contributed by atoms with van der Waals surface area (Å²) in [5.74, 6) is 0. The Morgan fingerprint density at radius 2 is 1.01 bits per heavy atom. The van der Waals surface area contributed by atoms with Crippen molar-refractivity contribution in [3.05, 3.63) is 226 Å². The molecule has 19 rings (SSSR count). The van der Waals surface area contributed by atoms with Crippen LogP contribution in [0.5, 0.6) is 0 Å². The minimum Gasteiger partial charge on any atom is -0.444 e. The molecule has 0 aromatic carbocycles. The Hall–Kier alpha value is -9.56. The largest absolute Gasteiger partial charge is 0.498 e. The number of likely N-dealkylation sites (tertiary alicyclic amines) is 1. The van der Waals surface area contributed by atoms with Crippen molar-refractivity contribution in [1.82, 2.24) is 87.6 Å². The van der Waals surface area contributed by atoms with Gasteiger partial charge in [-0.15, -0.1) is 12.4 Å². The maximum atomic E-state index is 12.9. The van der Waals surface area contributed by atoms with Gasteiger partial charge in [-0.2, -0.15) is 23.9 Å². The summed E-state index contributed by atoms with van der Waals surface area (Å²) in [7, 11) is -8.15. The Morgan fingerprint density at radius 1 is 0.562 bits per heavy atom. The van der Waals surface area contributed by atoms with Crippen molar-refractivity contribution in [1.29, 1.82) is 0 Å². The number of sulfonamides is 2. The second-order valence-electron chi connectivity index (χ2n) is 43.0. The van der Waals surface area contributed by atoms with Gasteiger partial charge in [0.2, 0.25) is 35.6 Å². The molecule has 46 heteroatoms. The highest BCUT2D eigenvalue weighted by Crippen LogP contribution is 2.49. The molecule has 35 nitrogen and oxygen atoms in total. The average molecular weight is 2210 g/mol. The number of aromatic amines is 3. The van der Waals surface area contributed by atoms with Crippen LogP contribution < -0.4 is 10.8 Å². The van der Waals surface area contributed by atoms with E-state index in [9.17, 15) is 30.0 Å². The van der Waals surface area contributed by atoms with Crippen molar-refractivity contribution >= 4 is 167 Å². The Balaban J connectivity index is 0.000000174. The SMILES string of the molecule is Brc1ccnc2[nH]ccc12.CC1(C)OB(c2cn[nH]c2)OC1(C)C.CC1(S(=O)(=O)Cl)CC1.C[Si](C)(C)CCOCn1ccc2c(-c3cn[nH]c3)ccnc21.C[Si](C)(C)CCOCn1ccc2c(Cl)ccnc21.Cl.[C-]#[N+]C=C1CN(C(=O)OC(C)(C)C)C1.[C-]#[N+]C=C1CN(S(=O)(=O)C2(C)CC2)C1.[C-]#[N+]C=C1CNC1.[C-]#[N+]CC1(n2cc(-c3ccnc4c3ccn4COCC[Si](C)(C)C)cn2)CN(S(=O)(=O)C2(C)CC2)C1.